The SMILES string of the molecule is CCCn1nnc2cc(S(=O)(=O)N3CCC[C@@H](C(=O)NCCCN4CCCCCC4)C3)ccc21. The van der Waals surface area contributed by atoms with Crippen LogP contribution in [0, 0.1) is 5.92 Å². The number of hydrogen-bond acceptors (Lipinski definition) is 6. The first kappa shape index (κ1) is 25.1. The van der Waals surface area contributed by atoms with E-state index in [1.165, 1.54) is 30.0 Å². The van der Waals surface area contributed by atoms with Crippen LogP contribution in [-0.2, 0) is 21.4 Å². The second kappa shape index (κ2) is 11.6. The van der Waals surface area contributed by atoms with Gasteiger partial charge in [-0.05, 0) is 76.4 Å². The summed E-state index contributed by atoms with van der Waals surface area (Å²) < 4.78 is 29.9. The van der Waals surface area contributed by atoms with Gasteiger partial charge in [-0.3, -0.25) is 4.79 Å². The van der Waals surface area contributed by atoms with Gasteiger partial charge in [-0.2, -0.15) is 4.31 Å². The van der Waals surface area contributed by atoms with Crippen molar-refractivity contribution in [3.8, 4) is 0 Å². The van der Waals surface area contributed by atoms with Crippen LogP contribution in [0.25, 0.3) is 11.0 Å². The van der Waals surface area contributed by atoms with Gasteiger partial charge < -0.3 is 10.2 Å². The van der Waals surface area contributed by atoms with Crippen molar-refractivity contribution in [1.82, 2.24) is 29.5 Å². The molecule has 1 N–H and O–H groups in total. The third kappa shape index (κ3) is 5.95. The third-order valence-corrected chi connectivity index (χ3v) is 8.82. The molecule has 1 amide bonds. The zero-order chi connectivity index (χ0) is 24.0. The molecule has 0 bridgehead atoms. The second-order valence-corrected chi connectivity index (χ2v) is 11.5. The van der Waals surface area contributed by atoms with Crippen molar-refractivity contribution in [2.45, 2.75) is 69.7 Å². The fourth-order valence-electron chi connectivity index (χ4n) is 5.03. The highest BCUT2D eigenvalue weighted by molar-refractivity contribution is 7.89. The molecule has 188 valence electrons. The highest BCUT2D eigenvalue weighted by Crippen LogP contribution is 2.26. The predicted molar refractivity (Wildman–Crippen MR) is 132 cm³/mol. The van der Waals surface area contributed by atoms with E-state index >= 15 is 0 Å². The van der Waals surface area contributed by atoms with Gasteiger partial charge in [0.25, 0.3) is 0 Å². The summed E-state index contributed by atoms with van der Waals surface area (Å²) in [6.07, 6.45) is 8.43. The number of amides is 1. The zero-order valence-electron chi connectivity index (χ0n) is 20.3. The summed E-state index contributed by atoms with van der Waals surface area (Å²) in [5.41, 5.74) is 1.40. The second-order valence-electron chi connectivity index (χ2n) is 9.57. The first-order valence-electron chi connectivity index (χ1n) is 12.8. The number of likely N-dealkylation sites (tertiary alicyclic amines) is 1. The van der Waals surface area contributed by atoms with Crippen molar-refractivity contribution in [3.63, 3.8) is 0 Å². The average molecular weight is 491 g/mol. The van der Waals surface area contributed by atoms with Crippen LogP contribution in [0.4, 0.5) is 0 Å². The molecule has 1 aromatic carbocycles. The van der Waals surface area contributed by atoms with Gasteiger partial charge in [-0.15, -0.1) is 5.10 Å². The number of piperidine rings is 1. The lowest BCUT2D eigenvalue weighted by atomic mass is 9.99. The number of carbonyl (C=O) groups is 1. The fourth-order valence-corrected chi connectivity index (χ4v) is 6.58. The number of nitrogens with zero attached hydrogens (tertiary/aromatic N) is 5. The van der Waals surface area contributed by atoms with E-state index < -0.39 is 10.0 Å². The third-order valence-electron chi connectivity index (χ3n) is 6.96. The van der Waals surface area contributed by atoms with E-state index in [-0.39, 0.29) is 23.3 Å². The molecule has 0 spiro atoms. The van der Waals surface area contributed by atoms with E-state index in [4.69, 9.17) is 0 Å². The van der Waals surface area contributed by atoms with Gasteiger partial charge >= 0.3 is 0 Å². The Morgan fingerprint density at radius 2 is 1.88 bits per heavy atom. The van der Waals surface area contributed by atoms with Crippen molar-refractivity contribution < 1.29 is 13.2 Å². The molecule has 0 aliphatic carbocycles. The number of carbonyl (C=O) groups excluding carboxylic acids is 1. The zero-order valence-corrected chi connectivity index (χ0v) is 21.1. The first-order valence-corrected chi connectivity index (χ1v) is 14.3. The van der Waals surface area contributed by atoms with Crippen LogP contribution < -0.4 is 5.32 Å². The molecule has 3 heterocycles. The number of aryl methyl sites for hydroxylation is 1. The standard InChI is InChI=1S/C24H38N6O3S/c1-2-13-30-23-11-10-21(18-22(23)26-27-30)34(32,33)29-17-7-9-20(19-29)24(31)25-12-8-16-28-14-5-3-4-6-15-28/h10-11,18,20H,2-9,12-17,19H2,1H3,(H,25,31)/t20-/m1/s1. The number of sulfonamides is 1. The Hall–Kier alpha value is -2.04. The van der Waals surface area contributed by atoms with E-state index in [1.54, 1.807) is 22.9 Å². The molecule has 9 nitrogen and oxygen atoms in total. The minimum atomic E-state index is -3.70. The van der Waals surface area contributed by atoms with Crippen molar-refractivity contribution in [2.24, 2.45) is 5.92 Å². The molecule has 0 radical (unpaired) electrons. The van der Waals surface area contributed by atoms with Crippen LogP contribution >= 0.6 is 0 Å². The molecule has 0 saturated carbocycles. The quantitative estimate of drug-likeness (QED) is 0.543. The lowest BCUT2D eigenvalue weighted by Crippen LogP contribution is -2.45. The van der Waals surface area contributed by atoms with Gasteiger partial charge in [0.2, 0.25) is 15.9 Å². The Kier molecular flexibility index (Phi) is 8.55. The molecule has 2 saturated heterocycles. The van der Waals surface area contributed by atoms with E-state index in [1.807, 2.05) is 0 Å². The fraction of sp³-hybridized carbons (Fsp3) is 0.708. The Morgan fingerprint density at radius 3 is 2.65 bits per heavy atom. The largest absolute Gasteiger partial charge is 0.356 e. The maximum absolute atomic E-state index is 13.3. The minimum Gasteiger partial charge on any atom is -0.356 e. The topological polar surface area (TPSA) is 100 Å². The lowest BCUT2D eigenvalue weighted by molar-refractivity contribution is -0.126. The molecule has 34 heavy (non-hydrogen) atoms. The summed E-state index contributed by atoms with van der Waals surface area (Å²) in [7, 11) is -3.70. The Morgan fingerprint density at radius 1 is 1.09 bits per heavy atom. The normalized spacial score (nSPS) is 20.9. The van der Waals surface area contributed by atoms with Gasteiger partial charge in [-0.1, -0.05) is 25.0 Å². The van der Waals surface area contributed by atoms with E-state index in [2.05, 4.69) is 27.5 Å². The number of benzene rings is 1. The van der Waals surface area contributed by atoms with E-state index in [9.17, 15) is 13.2 Å². The van der Waals surface area contributed by atoms with Crippen molar-refractivity contribution in [2.75, 3.05) is 39.3 Å². The van der Waals surface area contributed by atoms with Crippen LogP contribution in [-0.4, -0.2) is 77.8 Å². The first-order chi connectivity index (χ1) is 16.5. The Labute approximate surface area is 202 Å². The average Bonchev–Trinajstić information content (AvgIpc) is 3.06. The van der Waals surface area contributed by atoms with Crippen LogP contribution in [0.15, 0.2) is 23.1 Å². The molecule has 1 aromatic heterocycles. The molecule has 10 heteroatoms. The van der Waals surface area contributed by atoms with Gasteiger partial charge in [0.1, 0.15) is 5.52 Å². The molecular weight excluding hydrogens is 452 g/mol. The Balaban J connectivity index is 1.32. The molecule has 2 aliphatic rings. The van der Waals surface area contributed by atoms with Crippen molar-refractivity contribution in [1.29, 1.82) is 0 Å². The van der Waals surface area contributed by atoms with Gasteiger partial charge in [0, 0.05) is 26.2 Å². The number of hydrogen-bond donors (Lipinski definition) is 1. The highest BCUT2D eigenvalue weighted by Gasteiger charge is 2.33. The highest BCUT2D eigenvalue weighted by atomic mass is 32.2. The molecule has 1 atom stereocenters. The van der Waals surface area contributed by atoms with Gasteiger partial charge in [0.15, 0.2) is 0 Å². The summed E-state index contributed by atoms with van der Waals surface area (Å²) in [6, 6.07) is 4.99. The van der Waals surface area contributed by atoms with E-state index in [0.29, 0.717) is 31.4 Å². The summed E-state index contributed by atoms with van der Waals surface area (Å²) in [4.78, 5) is 15.5. The predicted octanol–water partition coefficient (Wildman–Crippen LogP) is 2.62. The molecular formula is C24H38N6O3S. The summed E-state index contributed by atoms with van der Waals surface area (Å²) in [5.74, 6) is -0.343. The number of nitrogens with one attached hydrogen (secondary N) is 1. The lowest BCUT2D eigenvalue weighted by Gasteiger charge is -2.31. The Bertz CT molecular complexity index is 1060. The van der Waals surface area contributed by atoms with Crippen LogP contribution in [0.2, 0.25) is 0 Å². The number of aromatic nitrogens is 3. The number of fused-ring (bicyclic) bond motifs is 1. The summed E-state index contributed by atoms with van der Waals surface area (Å²) in [5, 5.41) is 11.3. The molecule has 2 aliphatic heterocycles. The van der Waals surface area contributed by atoms with Crippen molar-refractivity contribution >= 4 is 27.0 Å². The summed E-state index contributed by atoms with van der Waals surface area (Å²) >= 11 is 0. The molecule has 2 aromatic rings. The minimum absolute atomic E-state index is 0.0336. The maximum atomic E-state index is 13.3. The summed E-state index contributed by atoms with van der Waals surface area (Å²) in [6.45, 7) is 7.42. The van der Waals surface area contributed by atoms with Gasteiger partial charge in [0.05, 0.1) is 16.3 Å². The smallest absolute Gasteiger partial charge is 0.243 e. The van der Waals surface area contributed by atoms with E-state index in [0.717, 1.165) is 44.5 Å². The molecule has 2 fully saturated rings. The molecule has 0 unspecified atom stereocenters. The molecule has 4 rings (SSSR count). The maximum Gasteiger partial charge on any atom is 0.243 e. The van der Waals surface area contributed by atoms with Crippen LogP contribution in [0.5, 0.6) is 0 Å². The van der Waals surface area contributed by atoms with Crippen LogP contribution in [0.1, 0.15) is 58.3 Å². The van der Waals surface area contributed by atoms with Crippen LogP contribution in [0.3, 0.4) is 0 Å². The monoisotopic (exact) mass is 490 g/mol. The number of rotatable bonds is 9. The van der Waals surface area contributed by atoms with Crippen molar-refractivity contribution in [3.05, 3.63) is 18.2 Å². The van der Waals surface area contributed by atoms with Gasteiger partial charge in [-0.25, -0.2) is 13.1 Å².